The molecule has 0 saturated carbocycles. The Bertz CT molecular complexity index is 566. The molecule has 4 N–H and O–H groups in total. The van der Waals surface area contributed by atoms with Crippen LogP contribution in [0, 0.1) is 0 Å². The molecular formula is C12H10O4S. The molecule has 1 aromatic carbocycles. The Morgan fingerprint density at radius 2 is 1.88 bits per heavy atom. The lowest BCUT2D eigenvalue weighted by Crippen LogP contribution is -2.23. The molecule has 1 aromatic rings. The Balaban J connectivity index is 2.11. The molecule has 2 unspecified atom stereocenters. The fourth-order valence-corrected chi connectivity index (χ4v) is 3.41. The van der Waals surface area contributed by atoms with E-state index < -0.39 is 9.68 Å². The average Bonchev–Trinajstić information content (AvgIpc) is 2.83. The number of phenolic OH excluding ortho intramolecular Hbond substituents is 2. The third kappa shape index (κ3) is 1.29. The van der Waals surface area contributed by atoms with Gasteiger partial charge in [0, 0.05) is 17.7 Å². The molecule has 88 valence electrons. The van der Waals surface area contributed by atoms with Gasteiger partial charge in [-0.05, 0) is 18.2 Å². The van der Waals surface area contributed by atoms with Crippen LogP contribution in [0.3, 0.4) is 0 Å². The Kier molecular flexibility index (Phi) is 1.86. The van der Waals surface area contributed by atoms with Crippen molar-refractivity contribution in [1.82, 2.24) is 0 Å². The number of aliphatic hydroxyl groups excluding tert-OH is 1. The smallest absolute Gasteiger partial charge is 0.156 e. The van der Waals surface area contributed by atoms with Crippen LogP contribution >= 0.6 is 11.8 Å². The van der Waals surface area contributed by atoms with E-state index in [1.54, 1.807) is 12.1 Å². The van der Waals surface area contributed by atoms with E-state index >= 15 is 0 Å². The summed E-state index contributed by atoms with van der Waals surface area (Å²) in [6.07, 6.45) is 4.49. The van der Waals surface area contributed by atoms with Crippen LogP contribution in [-0.4, -0.2) is 25.4 Å². The number of hydrogen-bond acceptors (Lipinski definition) is 5. The fraction of sp³-hybridized carbons (Fsp3) is 0.167. The standard InChI is InChI=1S/C12H10O4S/c13-7-1-2-9(10(15)5-7)11-4-3-8(14)6-12(11,16)17-11/h1-6,13-16H. The van der Waals surface area contributed by atoms with Gasteiger partial charge >= 0.3 is 0 Å². The Hall–Kier alpha value is -1.59. The van der Waals surface area contributed by atoms with Gasteiger partial charge in [-0.1, -0.05) is 6.08 Å². The van der Waals surface area contributed by atoms with Gasteiger partial charge < -0.3 is 20.4 Å². The number of allylic oxidation sites excluding steroid dienone is 1. The van der Waals surface area contributed by atoms with Gasteiger partial charge in [0.15, 0.2) is 4.93 Å². The van der Waals surface area contributed by atoms with Gasteiger partial charge in [0.05, 0.1) is 0 Å². The first kappa shape index (κ1) is 10.6. The normalized spacial score (nSPS) is 34.1. The molecule has 1 heterocycles. The van der Waals surface area contributed by atoms with Crippen LogP contribution in [0.5, 0.6) is 11.5 Å². The van der Waals surface area contributed by atoms with Gasteiger partial charge in [-0.2, -0.15) is 0 Å². The maximum Gasteiger partial charge on any atom is 0.156 e. The van der Waals surface area contributed by atoms with E-state index in [0.717, 1.165) is 0 Å². The van der Waals surface area contributed by atoms with Gasteiger partial charge in [-0.25, -0.2) is 0 Å². The Labute approximate surface area is 102 Å². The number of benzene rings is 1. The van der Waals surface area contributed by atoms with E-state index in [-0.39, 0.29) is 17.3 Å². The van der Waals surface area contributed by atoms with Crippen molar-refractivity contribution in [3.8, 4) is 11.5 Å². The first-order valence-electron chi connectivity index (χ1n) is 5.03. The summed E-state index contributed by atoms with van der Waals surface area (Å²) in [4.78, 5) is -1.22. The van der Waals surface area contributed by atoms with Gasteiger partial charge in [0.25, 0.3) is 0 Å². The Morgan fingerprint density at radius 1 is 1.12 bits per heavy atom. The van der Waals surface area contributed by atoms with Crippen molar-refractivity contribution >= 4 is 11.8 Å². The highest BCUT2D eigenvalue weighted by atomic mass is 32.2. The van der Waals surface area contributed by atoms with Gasteiger partial charge in [-0.15, -0.1) is 11.8 Å². The van der Waals surface area contributed by atoms with Crippen LogP contribution in [-0.2, 0) is 4.75 Å². The number of fused-ring (bicyclic) bond motifs is 1. The van der Waals surface area contributed by atoms with Crippen LogP contribution < -0.4 is 0 Å². The zero-order valence-corrected chi connectivity index (χ0v) is 9.48. The third-order valence-corrected chi connectivity index (χ3v) is 4.56. The lowest BCUT2D eigenvalue weighted by molar-refractivity contribution is 0.191. The zero-order valence-electron chi connectivity index (χ0n) is 8.66. The van der Waals surface area contributed by atoms with E-state index in [9.17, 15) is 20.4 Å². The molecule has 0 amide bonds. The topological polar surface area (TPSA) is 80.9 Å². The molecule has 17 heavy (non-hydrogen) atoms. The van der Waals surface area contributed by atoms with E-state index in [1.807, 2.05) is 0 Å². The van der Waals surface area contributed by atoms with E-state index in [0.29, 0.717) is 5.56 Å². The van der Waals surface area contributed by atoms with Crippen molar-refractivity contribution in [1.29, 1.82) is 0 Å². The average molecular weight is 250 g/mol. The van der Waals surface area contributed by atoms with E-state index in [2.05, 4.69) is 0 Å². The predicted octanol–water partition coefficient (Wildman–Crippen LogP) is 1.74. The summed E-state index contributed by atoms with van der Waals surface area (Å²) in [5.41, 5.74) is 0.516. The van der Waals surface area contributed by atoms with Crippen LogP contribution in [0.1, 0.15) is 5.56 Å². The van der Waals surface area contributed by atoms with Gasteiger partial charge in [0.1, 0.15) is 22.0 Å². The summed E-state index contributed by atoms with van der Waals surface area (Å²) >= 11 is 1.22. The highest BCUT2D eigenvalue weighted by Gasteiger charge is 2.69. The van der Waals surface area contributed by atoms with Crippen molar-refractivity contribution in [3.63, 3.8) is 0 Å². The maximum atomic E-state index is 10.2. The van der Waals surface area contributed by atoms with Crippen LogP contribution in [0.15, 0.2) is 42.2 Å². The second-order valence-corrected chi connectivity index (χ2v) is 5.61. The minimum atomic E-state index is -1.22. The number of aromatic hydroxyl groups is 2. The van der Waals surface area contributed by atoms with Gasteiger partial charge in [-0.3, -0.25) is 0 Å². The molecule has 1 aliphatic carbocycles. The molecule has 1 aliphatic heterocycles. The third-order valence-electron chi connectivity index (χ3n) is 3.02. The summed E-state index contributed by atoms with van der Waals surface area (Å²) in [5, 5.41) is 38.6. The van der Waals surface area contributed by atoms with E-state index in [1.165, 1.54) is 36.0 Å². The minimum absolute atomic E-state index is 0.00592. The van der Waals surface area contributed by atoms with Crippen molar-refractivity contribution < 1.29 is 20.4 Å². The van der Waals surface area contributed by atoms with Crippen molar-refractivity contribution in [2.75, 3.05) is 0 Å². The quantitative estimate of drug-likeness (QED) is 0.571. The lowest BCUT2D eigenvalue weighted by atomic mass is 9.89. The van der Waals surface area contributed by atoms with Crippen molar-refractivity contribution in [2.24, 2.45) is 0 Å². The molecule has 2 atom stereocenters. The molecule has 1 saturated heterocycles. The van der Waals surface area contributed by atoms with Crippen molar-refractivity contribution in [3.05, 3.63) is 47.7 Å². The summed E-state index contributed by atoms with van der Waals surface area (Å²) in [7, 11) is 0. The molecule has 0 bridgehead atoms. The summed E-state index contributed by atoms with van der Waals surface area (Å²) in [5.74, 6) is -0.103. The maximum absolute atomic E-state index is 10.2. The van der Waals surface area contributed by atoms with Gasteiger partial charge in [0.2, 0.25) is 0 Å². The first-order chi connectivity index (χ1) is 7.97. The SMILES string of the molecule is OC1=CC2(O)SC2(c2ccc(O)cc2O)C=C1. The largest absolute Gasteiger partial charge is 0.508 e. The van der Waals surface area contributed by atoms with Crippen LogP contribution in [0.25, 0.3) is 0 Å². The summed E-state index contributed by atoms with van der Waals surface area (Å²) in [6.45, 7) is 0. The number of hydrogen-bond donors (Lipinski definition) is 4. The van der Waals surface area contributed by atoms with Crippen molar-refractivity contribution in [2.45, 2.75) is 9.68 Å². The molecule has 0 spiro atoms. The second-order valence-electron chi connectivity index (χ2n) is 4.14. The molecular weight excluding hydrogens is 240 g/mol. The molecule has 1 fully saturated rings. The highest BCUT2D eigenvalue weighted by molar-refractivity contribution is 8.09. The monoisotopic (exact) mass is 250 g/mol. The molecule has 0 aromatic heterocycles. The van der Waals surface area contributed by atoms with E-state index in [4.69, 9.17) is 0 Å². The number of phenols is 2. The Morgan fingerprint density at radius 3 is 2.53 bits per heavy atom. The lowest BCUT2D eigenvalue weighted by Gasteiger charge is -2.18. The number of aliphatic hydroxyl groups is 2. The summed E-state index contributed by atoms with van der Waals surface area (Å²) in [6, 6.07) is 4.25. The molecule has 3 rings (SSSR count). The molecule has 4 nitrogen and oxygen atoms in total. The molecule has 2 aliphatic rings. The minimum Gasteiger partial charge on any atom is -0.508 e. The highest BCUT2D eigenvalue weighted by Crippen LogP contribution is 2.72. The second kappa shape index (κ2) is 3.00. The predicted molar refractivity (Wildman–Crippen MR) is 63.8 cm³/mol. The number of thioether (sulfide) groups is 1. The number of rotatable bonds is 1. The summed E-state index contributed by atoms with van der Waals surface area (Å²) < 4.78 is -0.767. The van der Waals surface area contributed by atoms with Crippen LogP contribution in [0.2, 0.25) is 0 Å². The fourth-order valence-electron chi connectivity index (χ4n) is 2.13. The zero-order chi connectivity index (χ0) is 12.3. The first-order valence-corrected chi connectivity index (χ1v) is 5.85. The molecule has 5 heteroatoms. The van der Waals surface area contributed by atoms with Crippen LogP contribution in [0.4, 0.5) is 0 Å². The molecule has 0 radical (unpaired) electrons.